The Morgan fingerprint density at radius 2 is 2.23 bits per heavy atom. The number of nitrogens with zero attached hydrogens (tertiary/aromatic N) is 2. The summed E-state index contributed by atoms with van der Waals surface area (Å²) in [5.74, 6) is 0.970. The number of likely N-dealkylation sites (tertiary alicyclic amines) is 1. The molecule has 0 aromatic carbocycles. The summed E-state index contributed by atoms with van der Waals surface area (Å²) in [5, 5.41) is 0. The standard InChI is InChI=1S/C10H20N2O/c1-9-5-4-6-12(7-9)8-10(13)11(2)3/h9H,4-8H2,1-3H3/t9-/m1/s1. The van der Waals surface area contributed by atoms with Crippen LogP contribution in [-0.2, 0) is 4.79 Å². The van der Waals surface area contributed by atoms with E-state index < -0.39 is 0 Å². The Morgan fingerprint density at radius 1 is 1.54 bits per heavy atom. The minimum Gasteiger partial charge on any atom is -0.348 e. The highest BCUT2D eigenvalue weighted by Crippen LogP contribution is 2.14. The first kappa shape index (κ1) is 10.5. The summed E-state index contributed by atoms with van der Waals surface area (Å²) in [7, 11) is 3.63. The predicted octanol–water partition coefficient (Wildman–Crippen LogP) is 0.806. The molecule has 0 aromatic heterocycles. The van der Waals surface area contributed by atoms with Crippen LogP contribution >= 0.6 is 0 Å². The van der Waals surface area contributed by atoms with Gasteiger partial charge in [-0.2, -0.15) is 0 Å². The number of hydrogen-bond acceptors (Lipinski definition) is 2. The highest BCUT2D eigenvalue weighted by Gasteiger charge is 2.18. The van der Waals surface area contributed by atoms with Crippen molar-refractivity contribution >= 4 is 5.91 Å². The molecule has 1 fully saturated rings. The Labute approximate surface area is 80.7 Å². The topological polar surface area (TPSA) is 23.6 Å². The van der Waals surface area contributed by atoms with E-state index in [0.717, 1.165) is 19.0 Å². The number of carbonyl (C=O) groups excluding carboxylic acids is 1. The molecule has 1 rings (SSSR count). The Bertz CT molecular complexity index is 180. The summed E-state index contributed by atoms with van der Waals surface area (Å²) in [6.07, 6.45) is 2.55. The fourth-order valence-corrected chi connectivity index (χ4v) is 1.76. The zero-order valence-corrected chi connectivity index (χ0v) is 8.92. The lowest BCUT2D eigenvalue weighted by atomic mass is 10.0. The van der Waals surface area contributed by atoms with Crippen molar-refractivity contribution in [3.8, 4) is 0 Å². The third-order valence-electron chi connectivity index (χ3n) is 2.60. The number of piperidine rings is 1. The van der Waals surface area contributed by atoms with Gasteiger partial charge in [-0.05, 0) is 25.3 Å². The molecule has 0 radical (unpaired) electrons. The summed E-state index contributed by atoms with van der Waals surface area (Å²) >= 11 is 0. The molecular formula is C10H20N2O. The quantitative estimate of drug-likeness (QED) is 0.634. The van der Waals surface area contributed by atoms with E-state index in [9.17, 15) is 4.79 Å². The van der Waals surface area contributed by atoms with Gasteiger partial charge in [-0.25, -0.2) is 0 Å². The van der Waals surface area contributed by atoms with Crippen molar-refractivity contribution in [1.82, 2.24) is 9.80 Å². The van der Waals surface area contributed by atoms with Crippen molar-refractivity contribution in [3.05, 3.63) is 0 Å². The van der Waals surface area contributed by atoms with Crippen LogP contribution in [0.25, 0.3) is 0 Å². The third kappa shape index (κ3) is 3.35. The lowest BCUT2D eigenvalue weighted by Crippen LogP contribution is -2.41. The van der Waals surface area contributed by atoms with Crippen molar-refractivity contribution in [2.75, 3.05) is 33.7 Å². The van der Waals surface area contributed by atoms with Crippen LogP contribution < -0.4 is 0 Å². The van der Waals surface area contributed by atoms with Gasteiger partial charge in [0, 0.05) is 20.6 Å². The second-order valence-corrected chi connectivity index (χ2v) is 4.27. The third-order valence-corrected chi connectivity index (χ3v) is 2.60. The fraction of sp³-hybridized carbons (Fsp3) is 0.900. The van der Waals surface area contributed by atoms with Gasteiger partial charge in [-0.15, -0.1) is 0 Å². The summed E-state index contributed by atoms with van der Waals surface area (Å²) < 4.78 is 0. The number of hydrogen-bond donors (Lipinski definition) is 0. The first-order valence-electron chi connectivity index (χ1n) is 5.02. The summed E-state index contributed by atoms with van der Waals surface area (Å²) in [4.78, 5) is 15.3. The van der Waals surface area contributed by atoms with Crippen LogP contribution in [0.3, 0.4) is 0 Å². The van der Waals surface area contributed by atoms with Crippen molar-refractivity contribution in [2.24, 2.45) is 5.92 Å². The van der Waals surface area contributed by atoms with Crippen LogP contribution in [0, 0.1) is 5.92 Å². The van der Waals surface area contributed by atoms with E-state index in [1.54, 1.807) is 4.90 Å². The normalized spacial score (nSPS) is 24.4. The predicted molar refractivity (Wildman–Crippen MR) is 53.5 cm³/mol. The van der Waals surface area contributed by atoms with Crippen LogP contribution in [0.4, 0.5) is 0 Å². The second-order valence-electron chi connectivity index (χ2n) is 4.27. The van der Waals surface area contributed by atoms with E-state index >= 15 is 0 Å². The van der Waals surface area contributed by atoms with E-state index in [4.69, 9.17) is 0 Å². The molecule has 1 aliphatic heterocycles. The summed E-state index contributed by atoms with van der Waals surface area (Å²) in [5.41, 5.74) is 0. The van der Waals surface area contributed by atoms with Gasteiger partial charge in [0.1, 0.15) is 0 Å². The Morgan fingerprint density at radius 3 is 2.77 bits per heavy atom. The van der Waals surface area contributed by atoms with Gasteiger partial charge >= 0.3 is 0 Å². The van der Waals surface area contributed by atoms with Gasteiger partial charge in [-0.3, -0.25) is 9.69 Å². The highest BCUT2D eigenvalue weighted by molar-refractivity contribution is 5.77. The molecule has 0 unspecified atom stereocenters. The van der Waals surface area contributed by atoms with Crippen LogP contribution in [0.1, 0.15) is 19.8 Å². The first-order chi connectivity index (χ1) is 6.09. The average Bonchev–Trinajstić information content (AvgIpc) is 2.04. The monoisotopic (exact) mass is 184 g/mol. The van der Waals surface area contributed by atoms with Gasteiger partial charge in [0.15, 0.2) is 0 Å². The molecule has 0 N–H and O–H groups in total. The maximum atomic E-state index is 11.4. The van der Waals surface area contributed by atoms with Crippen molar-refractivity contribution < 1.29 is 4.79 Å². The molecular weight excluding hydrogens is 164 g/mol. The molecule has 1 heterocycles. The molecule has 3 heteroatoms. The van der Waals surface area contributed by atoms with E-state index in [1.807, 2.05) is 14.1 Å². The second kappa shape index (κ2) is 4.61. The first-order valence-corrected chi connectivity index (χ1v) is 5.02. The minimum atomic E-state index is 0.217. The van der Waals surface area contributed by atoms with Gasteiger partial charge < -0.3 is 4.90 Å². The number of rotatable bonds is 2. The summed E-state index contributed by atoms with van der Waals surface area (Å²) in [6, 6.07) is 0. The molecule has 1 atom stereocenters. The molecule has 1 amide bonds. The molecule has 13 heavy (non-hydrogen) atoms. The van der Waals surface area contributed by atoms with Crippen LogP contribution in [0.2, 0.25) is 0 Å². The van der Waals surface area contributed by atoms with Crippen LogP contribution in [-0.4, -0.2) is 49.4 Å². The molecule has 0 aromatic rings. The van der Waals surface area contributed by atoms with Gasteiger partial charge in [-0.1, -0.05) is 6.92 Å². The fourth-order valence-electron chi connectivity index (χ4n) is 1.76. The van der Waals surface area contributed by atoms with E-state index in [0.29, 0.717) is 6.54 Å². The van der Waals surface area contributed by atoms with E-state index in [1.165, 1.54) is 12.8 Å². The maximum Gasteiger partial charge on any atom is 0.236 e. The summed E-state index contributed by atoms with van der Waals surface area (Å²) in [6.45, 7) is 5.02. The van der Waals surface area contributed by atoms with Crippen LogP contribution in [0.5, 0.6) is 0 Å². The molecule has 3 nitrogen and oxygen atoms in total. The van der Waals surface area contributed by atoms with Gasteiger partial charge in [0.05, 0.1) is 6.54 Å². The molecule has 0 saturated carbocycles. The number of likely N-dealkylation sites (N-methyl/N-ethyl adjacent to an activating group) is 1. The van der Waals surface area contributed by atoms with Gasteiger partial charge in [0.2, 0.25) is 5.91 Å². The Balaban J connectivity index is 2.31. The molecule has 1 saturated heterocycles. The number of carbonyl (C=O) groups is 1. The largest absolute Gasteiger partial charge is 0.348 e. The average molecular weight is 184 g/mol. The highest BCUT2D eigenvalue weighted by atomic mass is 16.2. The molecule has 0 spiro atoms. The zero-order chi connectivity index (χ0) is 9.84. The lowest BCUT2D eigenvalue weighted by Gasteiger charge is -2.30. The Hall–Kier alpha value is -0.570. The molecule has 1 aliphatic rings. The minimum absolute atomic E-state index is 0.217. The molecule has 76 valence electrons. The van der Waals surface area contributed by atoms with Crippen LogP contribution in [0.15, 0.2) is 0 Å². The van der Waals surface area contributed by atoms with Crippen molar-refractivity contribution in [3.63, 3.8) is 0 Å². The molecule has 0 aliphatic carbocycles. The molecule has 0 bridgehead atoms. The zero-order valence-electron chi connectivity index (χ0n) is 8.92. The SMILES string of the molecule is C[C@@H]1CCCN(CC(=O)N(C)C)C1. The van der Waals surface area contributed by atoms with Gasteiger partial charge in [0.25, 0.3) is 0 Å². The smallest absolute Gasteiger partial charge is 0.236 e. The Kier molecular flexibility index (Phi) is 3.72. The van der Waals surface area contributed by atoms with E-state index in [-0.39, 0.29) is 5.91 Å². The van der Waals surface area contributed by atoms with Crippen molar-refractivity contribution in [1.29, 1.82) is 0 Å². The lowest BCUT2D eigenvalue weighted by molar-refractivity contribution is -0.130. The van der Waals surface area contributed by atoms with E-state index in [2.05, 4.69) is 11.8 Å². The number of amides is 1. The maximum absolute atomic E-state index is 11.4. The van der Waals surface area contributed by atoms with Crippen molar-refractivity contribution in [2.45, 2.75) is 19.8 Å².